The van der Waals surface area contributed by atoms with Gasteiger partial charge >= 0.3 is 11.9 Å². The zero-order valence-electron chi connectivity index (χ0n) is 6.73. The molecule has 5 nitrogen and oxygen atoms in total. The predicted molar refractivity (Wildman–Crippen MR) is 47.0 cm³/mol. The largest absolute Gasteiger partial charge is 0.478 e. The van der Waals surface area contributed by atoms with Crippen molar-refractivity contribution in [2.24, 2.45) is 0 Å². The van der Waals surface area contributed by atoms with E-state index in [1.54, 1.807) is 0 Å². The van der Waals surface area contributed by atoms with Gasteiger partial charge in [-0.2, -0.15) is 0 Å². The highest BCUT2D eigenvalue weighted by atomic mass is 32.1. The molecule has 0 unspecified atom stereocenters. The zero-order chi connectivity index (χ0) is 10.0. The fourth-order valence-electron chi connectivity index (χ4n) is 0.843. The Morgan fingerprint density at radius 3 is 2.69 bits per heavy atom. The van der Waals surface area contributed by atoms with Crippen molar-refractivity contribution in [1.82, 2.24) is 0 Å². The number of ether oxygens (including phenoxy) is 1. The van der Waals surface area contributed by atoms with Gasteiger partial charge in [-0.1, -0.05) is 0 Å². The van der Waals surface area contributed by atoms with Gasteiger partial charge in [-0.3, -0.25) is 0 Å². The van der Waals surface area contributed by atoms with Gasteiger partial charge in [-0.25, -0.2) is 9.59 Å². The van der Waals surface area contributed by atoms with Crippen LogP contribution in [-0.2, 0) is 4.74 Å². The standard InChI is InChI=1S/C7H7NO4S/c1-12-7(11)4-3(6(9)10)2-13-5(4)8/h2H,8H2,1H3,(H,9,10). The highest BCUT2D eigenvalue weighted by molar-refractivity contribution is 7.14. The number of hydrogen-bond donors (Lipinski definition) is 2. The first-order valence-electron chi connectivity index (χ1n) is 3.26. The van der Waals surface area contributed by atoms with Crippen LogP contribution in [0.5, 0.6) is 0 Å². The molecule has 1 aromatic rings. The van der Waals surface area contributed by atoms with Crippen LogP contribution in [0.1, 0.15) is 20.7 Å². The van der Waals surface area contributed by atoms with Crippen LogP contribution >= 0.6 is 11.3 Å². The number of methoxy groups -OCH3 is 1. The van der Waals surface area contributed by atoms with Crippen molar-refractivity contribution in [1.29, 1.82) is 0 Å². The summed E-state index contributed by atoms with van der Waals surface area (Å²) in [6, 6.07) is 0. The lowest BCUT2D eigenvalue weighted by atomic mass is 10.2. The lowest BCUT2D eigenvalue weighted by Gasteiger charge is -1.98. The molecular formula is C7H7NO4S. The number of carboxylic acid groups (broad SMARTS) is 1. The number of nitrogen functional groups attached to an aromatic ring is 1. The Bertz CT molecular complexity index is 357. The van der Waals surface area contributed by atoms with Gasteiger partial charge in [0, 0.05) is 5.38 Å². The molecule has 0 atom stereocenters. The summed E-state index contributed by atoms with van der Waals surface area (Å²) >= 11 is 0.999. The Morgan fingerprint density at radius 1 is 1.62 bits per heavy atom. The minimum Gasteiger partial charge on any atom is -0.478 e. The Morgan fingerprint density at radius 2 is 2.23 bits per heavy atom. The number of esters is 1. The van der Waals surface area contributed by atoms with Crippen molar-refractivity contribution < 1.29 is 19.4 Å². The third-order valence-electron chi connectivity index (χ3n) is 1.44. The summed E-state index contributed by atoms with van der Waals surface area (Å²) in [5.74, 6) is -1.91. The van der Waals surface area contributed by atoms with Crippen LogP contribution in [0.4, 0.5) is 5.00 Å². The first-order chi connectivity index (χ1) is 6.07. The number of thiophene rings is 1. The molecule has 1 rings (SSSR count). The van der Waals surface area contributed by atoms with Gasteiger partial charge in [-0.15, -0.1) is 11.3 Å². The van der Waals surface area contributed by atoms with Crippen LogP contribution in [0, 0.1) is 0 Å². The summed E-state index contributed by atoms with van der Waals surface area (Å²) in [7, 11) is 1.17. The van der Waals surface area contributed by atoms with E-state index in [9.17, 15) is 9.59 Å². The maximum atomic E-state index is 11.1. The summed E-state index contributed by atoms with van der Waals surface area (Å²) in [6.07, 6.45) is 0. The van der Waals surface area contributed by atoms with E-state index >= 15 is 0 Å². The molecule has 3 N–H and O–H groups in total. The summed E-state index contributed by atoms with van der Waals surface area (Å²) in [4.78, 5) is 21.7. The van der Waals surface area contributed by atoms with Gasteiger partial charge in [0.1, 0.15) is 10.6 Å². The highest BCUT2D eigenvalue weighted by Gasteiger charge is 2.22. The average Bonchev–Trinajstić information content (AvgIpc) is 2.46. The molecule has 6 heteroatoms. The molecule has 70 valence electrons. The summed E-state index contributed by atoms with van der Waals surface area (Å²) in [5, 5.41) is 10.1. The molecule has 0 fully saturated rings. The third-order valence-corrected chi connectivity index (χ3v) is 2.25. The Balaban J connectivity index is 3.24. The molecule has 0 radical (unpaired) electrons. The van der Waals surface area contributed by atoms with E-state index in [1.165, 1.54) is 12.5 Å². The summed E-state index contributed by atoms with van der Waals surface area (Å²) in [5.41, 5.74) is 5.22. The molecule has 0 spiro atoms. The molecule has 0 bridgehead atoms. The van der Waals surface area contributed by atoms with Crippen LogP contribution in [0.3, 0.4) is 0 Å². The predicted octanol–water partition coefficient (Wildman–Crippen LogP) is 0.815. The summed E-state index contributed by atoms with van der Waals surface area (Å²) < 4.78 is 4.39. The van der Waals surface area contributed by atoms with Gasteiger partial charge in [-0.05, 0) is 0 Å². The van der Waals surface area contributed by atoms with Crippen LogP contribution in [0.2, 0.25) is 0 Å². The second kappa shape index (κ2) is 3.44. The van der Waals surface area contributed by atoms with Crippen molar-refractivity contribution in [3.63, 3.8) is 0 Å². The minimum absolute atomic E-state index is 0.0694. The van der Waals surface area contributed by atoms with Crippen LogP contribution in [-0.4, -0.2) is 24.2 Å². The fourth-order valence-corrected chi connectivity index (χ4v) is 1.62. The topological polar surface area (TPSA) is 89.6 Å². The second-order valence-electron chi connectivity index (χ2n) is 2.19. The molecule has 13 heavy (non-hydrogen) atoms. The molecule has 0 aliphatic carbocycles. The molecule has 0 amide bonds. The number of nitrogens with two attached hydrogens (primary N) is 1. The maximum absolute atomic E-state index is 11.1. The van der Waals surface area contributed by atoms with E-state index in [1.807, 2.05) is 0 Å². The first-order valence-corrected chi connectivity index (χ1v) is 4.14. The first kappa shape index (κ1) is 9.53. The number of aromatic carboxylic acids is 1. The van der Waals surface area contributed by atoms with E-state index in [2.05, 4.69) is 4.74 Å². The Labute approximate surface area is 77.7 Å². The Kier molecular flexibility index (Phi) is 2.52. The number of carboxylic acids is 1. The lowest BCUT2D eigenvalue weighted by molar-refractivity contribution is 0.0585. The second-order valence-corrected chi connectivity index (χ2v) is 3.10. The number of rotatable bonds is 2. The Hall–Kier alpha value is -1.56. The smallest absolute Gasteiger partial charge is 0.341 e. The SMILES string of the molecule is COC(=O)c1c(C(=O)O)csc1N. The molecule has 0 saturated heterocycles. The lowest BCUT2D eigenvalue weighted by Crippen LogP contribution is -2.09. The van der Waals surface area contributed by atoms with Crippen molar-refractivity contribution in [3.05, 3.63) is 16.5 Å². The van der Waals surface area contributed by atoms with Crippen molar-refractivity contribution in [2.75, 3.05) is 12.8 Å². The van der Waals surface area contributed by atoms with E-state index in [4.69, 9.17) is 10.8 Å². The fraction of sp³-hybridized carbons (Fsp3) is 0.143. The quantitative estimate of drug-likeness (QED) is 0.691. The monoisotopic (exact) mass is 201 g/mol. The van der Waals surface area contributed by atoms with Crippen molar-refractivity contribution in [3.8, 4) is 0 Å². The molecule has 0 saturated carbocycles. The molecule has 1 aromatic heterocycles. The highest BCUT2D eigenvalue weighted by Crippen LogP contribution is 2.25. The van der Waals surface area contributed by atoms with Crippen LogP contribution in [0.15, 0.2) is 5.38 Å². The third kappa shape index (κ3) is 1.62. The number of carbonyl (C=O) groups excluding carboxylic acids is 1. The van der Waals surface area contributed by atoms with Gasteiger partial charge in [0.2, 0.25) is 0 Å². The number of carbonyl (C=O) groups is 2. The molecule has 0 aliphatic heterocycles. The van der Waals surface area contributed by atoms with E-state index in [-0.39, 0.29) is 16.1 Å². The van der Waals surface area contributed by atoms with Crippen LogP contribution in [0.25, 0.3) is 0 Å². The zero-order valence-corrected chi connectivity index (χ0v) is 7.55. The van der Waals surface area contributed by atoms with Gasteiger partial charge in [0.05, 0.1) is 12.7 Å². The molecule has 0 aliphatic rings. The van der Waals surface area contributed by atoms with Gasteiger partial charge < -0.3 is 15.6 Å². The van der Waals surface area contributed by atoms with E-state index in [0.29, 0.717) is 0 Å². The summed E-state index contributed by atoms with van der Waals surface area (Å²) in [6.45, 7) is 0. The minimum atomic E-state index is -1.19. The normalized spacial score (nSPS) is 9.62. The maximum Gasteiger partial charge on any atom is 0.341 e. The van der Waals surface area contributed by atoms with Crippen LogP contribution < -0.4 is 5.73 Å². The van der Waals surface area contributed by atoms with E-state index < -0.39 is 11.9 Å². The molecule has 0 aromatic carbocycles. The number of hydrogen-bond acceptors (Lipinski definition) is 5. The average molecular weight is 201 g/mol. The molecular weight excluding hydrogens is 194 g/mol. The molecule has 1 heterocycles. The van der Waals surface area contributed by atoms with E-state index in [0.717, 1.165) is 11.3 Å². The number of anilines is 1. The van der Waals surface area contributed by atoms with Crippen molar-refractivity contribution in [2.45, 2.75) is 0 Å². The van der Waals surface area contributed by atoms with Gasteiger partial charge in [0.25, 0.3) is 0 Å². The van der Waals surface area contributed by atoms with Gasteiger partial charge in [0.15, 0.2) is 0 Å². The van der Waals surface area contributed by atoms with Crippen molar-refractivity contribution >= 4 is 28.3 Å².